The second-order valence-corrected chi connectivity index (χ2v) is 9.35. The van der Waals surface area contributed by atoms with Crippen LogP contribution in [0.15, 0.2) is 105 Å². The molecule has 4 rings (SSSR count). The molecule has 0 saturated carbocycles. The van der Waals surface area contributed by atoms with Crippen LogP contribution in [0.4, 0.5) is 0 Å². The Kier molecular flexibility index (Phi) is 7.02. The minimum absolute atomic E-state index is 1.06. The second-order valence-electron chi connectivity index (χ2n) is 7.28. The Balaban J connectivity index is 1.44. The molecule has 29 heavy (non-hydrogen) atoms. The van der Waals surface area contributed by atoms with E-state index in [1.54, 1.807) is 0 Å². The van der Waals surface area contributed by atoms with Gasteiger partial charge in [-0.25, -0.2) is 0 Å². The predicted octanol–water partition coefficient (Wildman–Crippen LogP) is 7.45. The van der Waals surface area contributed by atoms with Crippen LogP contribution < -0.4 is 4.57 Å². The zero-order valence-electron chi connectivity index (χ0n) is 16.4. The quantitative estimate of drug-likeness (QED) is 0.194. The molecule has 0 saturated heterocycles. The molecular weight excluding hydrogens is 438 g/mol. The summed E-state index contributed by atoms with van der Waals surface area (Å²) in [5.41, 5.74) is 2.76. The number of halogens is 1. The first-order chi connectivity index (χ1) is 14.3. The molecule has 0 atom stereocenters. The fourth-order valence-corrected chi connectivity index (χ4v) is 5.15. The van der Waals surface area contributed by atoms with Crippen molar-refractivity contribution >= 4 is 38.6 Å². The van der Waals surface area contributed by atoms with Crippen LogP contribution in [0, 0.1) is 0 Å². The third-order valence-electron chi connectivity index (χ3n) is 5.07. The smallest absolute Gasteiger partial charge is 0.197 e. The highest BCUT2D eigenvalue weighted by atomic mass is 79.9. The zero-order valence-corrected chi connectivity index (χ0v) is 18.8. The molecule has 0 aliphatic carbocycles. The number of benzene rings is 3. The highest BCUT2D eigenvalue weighted by molar-refractivity contribution is 9.10. The van der Waals surface area contributed by atoms with Gasteiger partial charge in [-0.3, -0.25) is 0 Å². The van der Waals surface area contributed by atoms with Crippen LogP contribution in [0.1, 0.15) is 24.8 Å². The zero-order chi connectivity index (χ0) is 19.9. The van der Waals surface area contributed by atoms with Crippen LogP contribution in [0.25, 0.3) is 10.9 Å². The molecule has 0 amide bonds. The molecule has 0 fully saturated rings. The maximum Gasteiger partial charge on any atom is 0.212 e. The number of aryl methyl sites for hydroxylation is 2. The van der Waals surface area contributed by atoms with E-state index in [0.717, 1.165) is 11.0 Å². The van der Waals surface area contributed by atoms with E-state index in [9.17, 15) is 0 Å². The highest BCUT2D eigenvalue weighted by Gasteiger charge is 2.12. The molecule has 3 aromatic carbocycles. The summed E-state index contributed by atoms with van der Waals surface area (Å²) in [5.74, 6) is 0. The number of pyridine rings is 1. The average Bonchev–Trinajstić information content (AvgIpc) is 2.74. The maximum atomic E-state index is 3.58. The van der Waals surface area contributed by atoms with Gasteiger partial charge in [0.25, 0.3) is 0 Å². The van der Waals surface area contributed by atoms with Gasteiger partial charge in [0.2, 0.25) is 5.52 Å². The summed E-state index contributed by atoms with van der Waals surface area (Å²) in [6, 6.07) is 30.3. The first-order valence-corrected chi connectivity index (χ1v) is 11.8. The summed E-state index contributed by atoms with van der Waals surface area (Å²) < 4.78 is 3.55. The van der Waals surface area contributed by atoms with Crippen LogP contribution in [0.5, 0.6) is 0 Å². The molecule has 3 heteroatoms. The summed E-state index contributed by atoms with van der Waals surface area (Å²) >= 11 is 5.40. The number of rotatable bonds is 8. The molecule has 0 aliphatic rings. The van der Waals surface area contributed by atoms with Crippen LogP contribution in [-0.4, -0.2) is 0 Å². The monoisotopic (exact) mass is 462 g/mol. The number of para-hydroxylation sites is 1. The van der Waals surface area contributed by atoms with Gasteiger partial charge >= 0.3 is 0 Å². The lowest BCUT2D eigenvalue weighted by atomic mass is 10.1. The lowest BCUT2D eigenvalue weighted by molar-refractivity contribution is -0.673. The lowest BCUT2D eigenvalue weighted by Crippen LogP contribution is -2.34. The van der Waals surface area contributed by atoms with E-state index in [1.165, 1.54) is 51.9 Å². The number of fused-ring (bicyclic) bond motifs is 1. The number of aromatic nitrogens is 1. The standard InChI is InChI=1S/C26H25BrNS/c27-23-14-9-15-24(19-23)29-25-18-22-13-6-7-16-26(22)28(20-25)17-8-2-5-12-21-10-3-1-4-11-21/h1,3-4,6-7,9-11,13-16,18-20H,2,5,8,12,17H2/q+1. The van der Waals surface area contributed by atoms with Crippen molar-refractivity contribution in [1.29, 1.82) is 0 Å². The van der Waals surface area contributed by atoms with Crippen molar-refractivity contribution in [3.05, 3.63) is 101 Å². The molecule has 0 unspecified atom stereocenters. The summed E-state index contributed by atoms with van der Waals surface area (Å²) in [7, 11) is 0. The van der Waals surface area contributed by atoms with E-state index in [0.29, 0.717) is 0 Å². The maximum absolute atomic E-state index is 3.58. The number of nitrogens with zero attached hydrogens (tertiary/aromatic N) is 1. The molecule has 1 aromatic heterocycles. The van der Waals surface area contributed by atoms with Gasteiger partial charge in [0.05, 0.1) is 4.90 Å². The van der Waals surface area contributed by atoms with E-state index < -0.39 is 0 Å². The van der Waals surface area contributed by atoms with Gasteiger partial charge in [-0.2, -0.15) is 4.57 Å². The van der Waals surface area contributed by atoms with E-state index in [2.05, 4.69) is 112 Å². The van der Waals surface area contributed by atoms with Crippen LogP contribution in [-0.2, 0) is 13.0 Å². The summed E-state index contributed by atoms with van der Waals surface area (Å²) in [4.78, 5) is 2.54. The largest absolute Gasteiger partial charge is 0.212 e. The van der Waals surface area contributed by atoms with Crippen molar-refractivity contribution in [2.24, 2.45) is 0 Å². The Morgan fingerprint density at radius 1 is 0.724 bits per heavy atom. The minimum atomic E-state index is 1.06. The van der Waals surface area contributed by atoms with Gasteiger partial charge < -0.3 is 0 Å². The fraction of sp³-hybridized carbons (Fsp3) is 0.192. The Morgan fingerprint density at radius 3 is 2.41 bits per heavy atom. The van der Waals surface area contributed by atoms with Crippen molar-refractivity contribution in [3.8, 4) is 0 Å². The third kappa shape index (κ3) is 5.71. The Hall–Kier alpha value is -2.10. The molecule has 0 bridgehead atoms. The Bertz CT molecular complexity index is 1080. The van der Waals surface area contributed by atoms with Crippen molar-refractivity contribution in [2.75, 3.05) is 0 Å². The average molecular weight is 463 g/mol. The van der Waals surface area contributed by atoms with Crippen molar-refractivity contribution in [2.45, 2.75) is 42.0 Å². The first kappa shape index (κ1) is 20.2. The summed E-state index contributed by atoms with van der Waals surface area (Å²) in [6.07, 6.45) is 7.18. The van der Waals surface area contributed by atoms with Crippen molar-refractivity contribution in [3.63, 3.8) is 0 Å². The lowest BCUT2D eigenvalue weighted by Gasteiger charge is -2.06. The molecule has 1 heterocycles. The number of hydrogen-bond acceptors (Lipinski definition) is 1. The number of hydrogen-bond donors (Lipinski definition) is 0. The number of unbranched alkanes of at least 4 members (excludes halogenated alkanes) is 2. The second kappa shape index (κ2) is 10.1. The van der Waals surface area contributed by atoms with Gasteiger partial charge in [0, 0.05) is 27.2 Å². The Morgan fingerprint density at radius 2 is 1.55 bits per heavy atom. The molecule has 4 aromatic rings. The topological polar surface area (TPSA) is 3.88 Å². The van der Waals surface area contributed by atoms with Gasteiger partial charge in [-0.15, -0.1) is 0 Å². The van der Waals surface area contributed by atoms with Gasteiger partial charge in [0.15, 0.2) is 6.20 Å². The normalized spacial score (nSPS) is 11.1. The molecule has 0 aliphatic heterocycles. The highest BCUT2D eigenvalue weighted by Crippen LogP contribution is 2.30. The van der Waals surface area contributed by atoms with Crippen LogP contribution in [0.3, 0.4) is 0 Å². The van der Waals surface area contributed by atoms with Gasteiger partial charge in [-0.05, 0) is 55.2 Å². The predicted molar refractivity (Wildman–Crippen MR) is 126 cm³/mol. The van der Waals surface area contributed by atoms with Gasteiger partial charge in [0.1, 0.15) is 6.54 Å². The molecule has 146 valence electrons. The SMILES string of the molecule is Brc1cccc(Sc2cc3ccccc3[n+](CCCCCc3ccccc3)c2)c1. The van der Waals surface area contributed by atoms with Crippen molar-refractivity contribution < 1.29 is 4.57 Å². The van der Waals surface area contributed by atoms with Crippen molar-refractivity contribution in [1.82, 2.24) is 0 Å². The van der Waals surface area contributed by atoms with E-state index in [1.807, 2.05) is 11.8 Å². The Labute approximate surface area is 185 Å². The fourth-order valence-electron chi connectivity index (χ4n) is 3.62. The third-order valence-corrected chi connectivity index (χ3v) is 6.51. The summed E-state index contributed by atoms with van der Waals surface area (Å²) in [5, 5.41) is 1.30. The van der Waals surface area contributed by atoms with E-state index >= 15 is 0 Å². The van der Waals surface area contributed by atoms with E-state index in [4.69, 9.17) is 0 Å². The van der Waals surface area contributed by atoms with Crippen LogP contribution >= 0.6 is 27.7 Å². The van der Waals surface area contributed by atoms with Gasteiger partial charge in [-0.1, -0.05) is 76.2 Å². The molecule has 0 N–H and O–H groups in total. The first-order valence-electron chi connectivity index (χ1n) is 10.2. The van der Waals surface area contributed by atoms with E-state index in [-0.39, 0.29) is 0 Å². The molecule has 0 spiro atoms. The molecule has 0 radical (unpaired) electrons. The van der Waals surface area contributed by atoms with Crippen LogP contribution in [0.2, 0.25) is 0 Å². The molecule has 1 nitrogen and oxygen atoms in total. The summed E-state index contributed by atoms with van der Waals surface area (Å²) in [6.45, 7) is 1.06. The minimum Gasteiger partial charge on any atom is -0.197 e. The molecular formula is C26H25BrNS+.